The smallest absolute Gasteiger partial charge is 0.296 e. The zero-order chi connectivity index (χ0) is 14.1. The van der Waals surface area contributed by atoms with Crippen LogP contribution in [0.2, 0.25) is 0 Å². The van der Waals surface area contributed by atoms with Crippen molar-refractivity contribution in [2.45, 2.75) is 6.92 Å². The highest BCUT2D eigenvalue weighted by atomic mass is 32.1. The van der Waals surface area contributed by atoms with Gasteiger partial charge in [0, 0.05) is 22.7 Å². The third kappa shape index (κ3) is 2.08. The van der Waals surface area contributed by atoms with Crippen molar-refractivity contribution in [3.05, 3.63) is 56.8 Å². The van der Waals surface area contributed by atoms with Crippen LogP contribution in [0.1, 0.15) is 11.3 Å². The molecule has 20 heavy (non-hydrogen) atoms. The van der Waals surface area contributed by atoms with Crippen LogP contribution in [0.25, 0.3) is 10.9 Å². The highest BCUT2D eigenvalue weighted by Crippen LogP contribution is 2.15. The summed E-state index contributed by atoms with van der Waals surface area (Å²) >= 11 is 5.01. The molecule has 1 aromatic carbocycles. The molecule has 3 rings (SSSR count). The van der Waals surface area contributed by atoms with Crippen molar-refractivity contribution >= 4 is 29.3 Å². The Kier molecular flexibility index (Phi) is 3.03. The van der Waals surface area contributed by atoms with Gasteiger partial charge in [-0.25, -0.2) is 0 Å². The standard InChI is InChI=1S/C13H11N5OS/c1-8-12(19)18(13(20)17-16-8)15-7-9-6-14-11-5-3-2-4-10(9)11/h2-7,14H,1H3,(H,17,20)/b15-7+. The summed E-state index contributed by atoms with van der Waals surface area (Å²) in [4.78, 5) is 15.0. The molecule has 0 aliphatic carbocycles. The molecule has 0 atom stereocenters. The topological polar surface area (TPSA) is 78.8 Å². The number of aromatic nitrogens is 4. The first-order valence-corrected chi connectivity index (χ1v) is 6.36. The molecule has 0 amide bonds. The van der Waals surface area contributed by atoms with E-state index < -0.39 is 0 Å². The molecular weight excluding hydrogens is 274 g/mol. The van der Waals surface area contributed by atoms with Gasteiger partial charge in [0.25, 0.3) is 5.56 Å². The van der Waals surface area contributed by atoms with Gasteiger partial charge in [-0.2, -0.15) is 14.9 Å². The van der Waals surface area contributed by atoms with E-state index >= 15 is 0 Å². The number of nitrogens with zero attached hydrogens (tertiary/aromatic N) is 3. The lowest BCUT2D eigenvalue weighted by molar-refractivity contribution is 0.720. The third-order valence-corrected chi connectivity index (χ3v) is 3.21. The van der Waals surface area contributed by atoms with Crippen LogP contribution in [0.15, 0.2) is 40.4 Å². The Bertz CT molecular complexity index is 918. The van der Waals surface area contributed by atoms with Crippen LogP contribution in [0.3, 0.4) is 0 Å². The molecular formula is C13H11N5OS. The maximum Gasteiger partial charge on any atom is 0.296 e. The minimum atomic E-state index is -0.329. The fraction of sp³-hybridized carbons (Fsp3) is 0.0769. The number of hydrogen-bond acceptors (Lipinski definition) is 4. The number of para-hydroxylation sites is 1. The number of nitrogens with one attached hydrogen (secondary N) is 2. The number of hydrogen-bond donors (Lipinski definition) is 2. The van der Waals surface area contributed by atoms with Gasteiger partial charge in [-0.15, -0.1) is 0 Å². The van der Waals surface area contributed by atoms with Crippen LogP contribution in [0, 0.1) is 11.7 Å². The average molecular weight is 285 g/mol. The lowest BCUT2D eigenvalue weighted by Crippen LogP contribution is -2.22. The van der Waals surface area contributed by atoms with Gasteiger partial charge in [0.15, 0.2) is 0 Å². The molecule has 0 spiro atoms. The number of benzene rings is 1. The van der Waals surface area contributed by atoms with E-state index in [2.05, 4.69) is 20.3 Å². The largest absolute Gasteiger partial charge is 0.361 e. The number of fused-ring (bicyclic) bond motifs is 1. The van der Waals surface area contributed by atoms with Gasteiger partial charge in [0.1, 0.15) is 5.69 Å². The Labute approximate surface area is 118 Å². The molecule has 0 saturated heterocycles. The van der Waals surface area contributed by atoms with Crippen LogP contribution in [-0.2, 0) is 0 Å². The van der Waals surface area contributed by atoms with Crippen molar-refractivity contribution in [2.75, 3.05) is 0 Å². The second-order valence-corrected chi connectivity index (χ2v) is 4.65. The summed E-state index contributed by atoms with van der Waals surface area (Å²) in [6.45, 7) is 1.60. The van der Waals surface area contributed by atoms with Gasteiger partial charge in [-0.05, 0) is 25.2 Å². The maximum atomic E-state index is 11.9. The molecule has 2 aromatic heterocycles. The van der Waals surface area contributed by atoms with Crippen molar-refractivity contribution in [1.29, 1.82) is 0 Å². The first-order valence-electron chi connectivity index (χ1n) is 5.95. The molecule has 3 aromatic rings. The van der Waals surface area contributed by atoms with E-state index in [0.717, 1.165) is 21.1 Å². The Balaban J connectivity index is 2.10. The van der Waals surface area contributed by atoms with E-state index in [9.17, 15) is 4.79 Å². The van der Waals surface area contributed by atoms with Crippen LogP contribution in [0.4, 0.5) is 0 Å². The first kappa shape index (κ1) is 12.5. The summed E-state index contributed by atoms with van der Waals surface area (Å²) < 4.78 is 1.29. The van der Waals surface area contributed by atoms with Crippen molar-refractivity contribution in [1.82, 2.24) is 19.9 Å². The van der Waals surface area contributed by atoms with Crippen LogP contribution >= 0.6 is 12.2 Å². The van der Waals surface area contributed by atoms with Gasteiger partial charge in [0.2, 0.25) is 4.77 Å². The van der Waals surface area contributed by atoms with Gasteiger partial charge in [0.05, 0.1) is 6.21 Å². The van der Waals surface area contributed by atoms with Gasteiger partial charge in [-0.1, -0.05) is 18.2 Å². The number of rotatable bonds is 2. The Morgan fingerprint density at radius 2 is 2.20 bits per heavy atom. The summed E-state index contributed by atoms with van der Waals surface area (Å²) in [5.41, 5.74) is 1.88. The monoisotopic (exact) mass is 285 g/mol. The van der Waals surface area contributed by atoms with E-state index in [-0.39, 0.29) is 10.3 Å². The Morgan fingerprint density at radius 3 is 3.05 bits per heavy atom. The van der Waals surface area contributed by atoms with E-state index in [1.54, 1.807) is 13.1 Å². The number of H-pyrrole nitrogens is 2. The fourth-order valence-corrected chi connectivity index (χ4v) is 2.07. The van der Waals surface area contributed by atoms with Crippen LogP contribution in [-0.4, -0.2) is 26.1 Å². The highest BCUT2D eigenvalue weighted by Gasteiger charge is 2.03. The zero-order valence-electron chi connectivity index (χ0n) is 10.6. The fourth-order valence-electron chi connectivity index (χ4n) is 1.90. The average Bonchev–Trinajstić information content (AvgIpc) is 2.87. The van der Waals surface area contributed by atoms with Gasteiger partial charge < -0.3 is 4.98 Å². The SMILES string of the molecule is Cc1n[nH]c(=S)n(/N=C/c2c[nH]c3ccccc23)c1=O. The molecule has 0 unspecified atom stereocenters. The predicted molar refractivity (Wildman–Crippen MR) is 79.7 cm³/mol. The highest BCUT2D eigenvalue weighted by molar-refractivity contribution is 7.71. The molecule has 100 valence electrons. The molecule has 6 nitrogen and oxygen atoms in total. The molecule has 0 aliphatic rings. The number of aryl methyl sites for hydroxylation is 1. The summed E-state index contributed by atoms with van der Waals surface area (Å²) in [5, 5.41) is 11.5. The molecule has 0 fully saturated rings. The van der Waals surface area contributed by atoms with Gasteiger partial charge >= 0.3 is 0 Å². The zero-order valence-corrected chi connectivity index (χ0v) is 11.4. The lowest BCUT2D eigenvalue weighted by atomic mass is 10.2. The molecule has 2 N–H and O–H groups in total. The molecule has 0 radical (unpaired) electrons. The van der Waals surface area contributed by atoms with Crippen LogP contribution in [0.5, 0.6) is 0 Å². The van der Waals surface area contributed by atoms with Crippen molar-refractivity contribution in [3.8, 4) is 0 Å². The summed E-state index contributed by atoms with van der Waals surface area (Å²) in [6.07, 6.45) is 3.43. The van der Waals surface area contributed by atoms with Crippen molar-refractivity contribution < 1.29 is 0 Å². The second-order valence-electron chi connectivity index (χ2n) is 4.27. The number of aromatic amines is 2. The minimum Gasteiger partial charge on any atom is -0.361 e. The maximum absolute atomic E-state index is 11.9. The first-order chi connectivity index (χ1) is 9.66. The quantitative estimate of drug-likeness (QED) is 0.558. The van der Waals surface area contributed by atoms with E-state index in [4.69, 9.17) is 12.2 Å². The van der Waals surface area contributed by atoms with Crippen LogP contribution < -0.4 is 5.56 Å². The summed E-state index contributed by atoms with van der Waals surface area (Å²) in [5.74, 6) is 0. The molecule has 0 aliphatic heterocycles. The van der Waals surface area contributed by atoms with E-state index in [0.29, 0.717) is 5.69 Å². The lowest BCUT2D eigenvalue weighted by Gasteiger charge is -1.98. The summed E-state index contributed by atoms with van der Waals surface area (Å²) in [6, 6.07) is 7.85. The summed E-state index contributed by atoms with van der Waals surface area (Å²) in [7, 11) is 0. The van der Waals surface area contributed by atoms with Crippen molar-refractivity contribution in [2.24, 2.45) is 5.10 Å². The molecule has 0 bridgehead atoms. The third-order valence-electron chi connectivity index (χ3n) is 2.95. The predicted octanol–water partition coefficient (Wildman–Crippen LogP) is 1.97. The van der Waals surface area contributed by atoms with Gasteiger partial charge in [-0.3, -0.25) is 9.89 Å². The second kappa shape index (κ2) is 4.86. The normalized spacial score (nSPS) is 11.4. The molecule has 7 heteroatoms. The van der Waals surface area contributed by atoms with Crippen molar-refractivity contribution in [3.63, 3.8) is 0 Å². The van der Waals surface area contributed by atoms with E-state index in [1.807, 2.05) is 30.5 Å². The Hall–Kier alpha value is -2.54. The molecule has 0 saturated carbocycles. The van der Waals surface area contributed by atoms with E-state index in [1.165, 1.54) is 0 Å². The Morgan fingerprint density at radius 1 is 1.40 bits per heavy atom. The minimum absolute atomic E-state index is 0.164. The molecule has 2 heterocycles.